The number of nitrogens with zero attached hydrogens (tertiary/aromatic N) is 3. The summed E-state index contributed by atoms with van der Waals surface area (Å²) >= 11 is 0. The van der Waals surface area contributed by atoms with Crippen LogP contribution in [0.25, 0.3) is 0 Å². The maximum Gasteiger partial charge on any atom is 0.319 e. The number of carbonyl (C=O) groups excluding carboxylic acids is 2. The Morgan fingerprint density at radius 1 is 1.23 bits per heavy atom. The van der Waals surface area contributed by atoms with Gasteiger partial charge in [-0.05, 0) is 38.6 Å². The van der Waals surface area contributed by atoms with Gasteiger partial charge in [-0.25, -0.2) is 4.79 Å². The molecule has 1 aliphatic rings. The fourth-order valence-electron chi connectivity index (χ4n) is 2.99. The summed E-state index contributed by atoms with van der Waals surface area (Å²) in [4.78, 5) is 29.9. The SMILES string of the molecule is CC(=O)N(C)c1cccc(NC(=O)NCCC(C)N2CCN(C)CC2)c1. The summed E-state index contributed by atoms with van der Waals surface area (Å²) in [6.45, 7) is 8.72. The van der Waals surface area contributed by atoms with E-state index in [9.17, 15) is 9.59 Å². The van der Waals surface area contributed by atoms with Crippen molar-refractivity contribution < 1.29 is 9.59 Å². The van der Waals surface area contributed by atoms with Crippen molar-refractivity contribution in [2.75, 3.05) is 57.0 Å². The Hall–Kier alpha value is -2.12. The van der Waals surface area contributed by atoms with Crippen LogP contribution < -0.4 is 15.5 Å². The number of benzene rings is 1. The first-order chi connectivity index (χ1) is 12.4. The summed E-state index contributed by atoms with van der Waals surface area (Å²) in [6.07, 6.45) is 0.921. The lowest BCUT2D eigenvalue weighted by Crippen LogP contribution is -2.48. The molecule has 1 aromatic rings. The van der Waals surface area contributed by atoms with Crippen molar-refractivity contribution in [3.8, 4) is 0 Å². The number of amides is 3. The molecule has 1 aromatic carbocycles. The van der Waals surface area contributed by atoms with Gasteiger partial charge in [-0.1, -0.05) is 6.07 Å². The predicted molar refractivity (Wildman–Crippen MR) is 106 cm³/mol. The second-order valence-corrected chi connectivity index (χ2v) is 6.99. The molecule has 1 heterocycles. The third-order valence-electron chi connectivity index (χ3n) is 4.97. The van der Waals surface area contributed by atoms with Crippen LogP contribution in [0.5, 0.6) is 0 Å². The summed E-state index contributed by atoms with van der Waals surface area (Å²) in [7, 11) is 3.86. The minimum Gasteiger partial charge on any atom is -0.338 e. The maximum absolute atomic E-state index is 12.1. The summed E-state index contributed by atoms with van der Waals surface area (Å²) in [6, 6.07) is 7.48. The molecule has 0 bridgehead atoms. The Bertz CT molecular complexity index is 614. The van der Waals surface area contributed by atoms with Gasteiger partial charge in [0.25, 0.3) is 0 Å². The molecule has 7 nitrogen and oxygen atoms in total. The van der Waals surface area contributed by atoms with Crippen LogP contribution >= 0.6 is 0 Å². The fourth-order valence-corrected chi connectivity index (χ4v) is 2.99. The van der Waals surface area contributed by atoms with Gasteiger partial charge in [-0.2, -0.15) is 0 Å². The second-order valence-electron chi connectivity index (χ2n) is 6.99. The van der Waals surface area contributed by atoms with Gasteiger partial charge in [0.1, 0.15) is 0 Å². The number of rotatable bonds is 6. The zero-order valence-corrected chi connectivity index (χ0v) is 16.3. The Morgan fingerprint density at radius 2 is 1.92 bits per heavy atom. The zero-order chi connectivity index (χ0) is 19.1. The van der Waals surface area contributed by atoms with Gasteiger partial charge in [0.2, 0.25) is 5.91 Å². The molecule has 1 unspecified atom stereocenters. The molecule has 0 saturated carbocycles. The highest BCUT2D eigenvalue weighted by atomic mass is 16.2. The second kappa shape index (κ2) is 9.54. The van der Waals surface area contributed by atoms with Gasteiger partial charge in [-0.3, -0.25) is 9.69 Å². The van der Waals surface area contributed by atoms with Gasteiger partial charge < -0.3 is 20.4 Å². The minimum atomic E-state index is -0.224. The molecule has 1 saturated heterocycles. The van der Waals surface area contributed by atoms with Crippen molar-refractivity contribution in [3.63, 3.8) is 0 Å². The smallest absolute Gasteiger partial charge is 0.319 e. The van der Waals surface area contributed by atoms with E-state index in [1.807, 2.05) is 18.2 Å². The van der Waals surface area contributed by atoms with Gasteiger partial charge in [0, 0.05) is 64.1 Å². The largest absolute Gasteiger partial charge is 0.338 e. The normalized spacial score (nSPS) is 16.8. The monoisotopic (exact) mass is 361 g/mol. The van der Waals surface area contributed by atoms with E-state index in [1.54, 1.807) is 18.0 Å². The Morgan fingerprint density at radius 3 is 2.58 bits per heavy atom. The topological polar surface area (TPSA) is 67.9 Å². The first-order valence-corrected chi connectivity index (χ1v) is 9.18. The molecule has 0 spiro atoms. The summed E-state index contributed by atoms with van der Waals surface area (Å²) < 4.78 is 0. The molecule has 1 atom stereocenters. The van der Waals surface area contributed by atoms with Crippen molar-refractivity contribution in [2.45, 2.75) is 26.3 Å². The number of hydrogen-bond acceptors (Lipinski definition) is 4. The fraction of sp³-hybridized carbons (Fsp3) is 0.579. The quantitative estimate of drug-likeness (QED) is 0.811. The van der Waals surface area contributed by atoms with Crippen LogP contribution in [0.3, 0.4) is 0 Å². The maximum atomic E-state index is 12.1. The number of piperazine rings is 1. The molecule has 7 heteroatoms. The highest BCUT2D eigenvalue weighted by Gasteiger charge is 2.18. The van der Waals surface area contributed by atoms with Crippen LogP contribution in [0, 0.1) is 0 Å². The van der Waals surface area contributed by atoms with E-state index in [1.165, 1.54) is 6.92 Å². The number of hydrogen-bond donors (Lipinski definition) is 2. The zero-order valence-electron chi connectivity index (χ0n) is 16.3. The van der Waals surface area contributed by atoms with Gasteiger partial charge in [0.05, 0.1) is 0 Å². The third kappa shape index (κ3) is 6.00. The van der Waals surface area contributed by atoms with Gasteiger partial charge in [-0.15, -0.1) is 0 Å². The van der Waals surface area contributed by atoms with Gasteiger partial charge in [0.15, 0.2) is 0 Å². The lowest BCUT2D eigenvalue weighted by molar-refractivity contribution is -0.116. The molecule has 1 aliphatic heterocycles. The van der Waals surface area contributed by atoms with Crippen molar-refractivity contribution in [1.82, 2.24) is 15.1 Å². The molecular formula is C19H31N5O2. The van der Waals surface area contributed by atoms with E-state index in [0.717, 1.165) is 38.3 Å². The molecule has 26 heavy (non-hydrogen) atoms. The molecule has 144 valence electrons. The third-order valence-corrected chi connectivity index (χ3v) is 4.97. The van der Waals surface area contributed by atoms with Crippen LogP contribution in [0.15, 0.2) is 24.3 Å². The molecule has 3 amide bonds. The van der Waals surface area contributed by atoms with Crippen LogP contribution in [0.1, 0.15) is 20.3 Å². The lowest BCUT2D eigenvalue weighted by Gasteiger charge is -2.36. The molecule has 2 N–H and O–H groups in total. The molecule has 0 radical (unpaired) electrons. The predicted octanol–water partition coefficient (Wildman–Crippen LogP) is 1.82. The number of anilines is 2. The average molecular weight is 361 g/mol. The van der Waals surface area contributed by atoms with Crippen molar-refractivity contribution in [3.05, 3.63) is 24.3 Å². The average Bonchev–Trinajstić information content (AvgIpc) is 2.61. The summed E-state index contributed by atoms with van der Waals surface area (Å²) in [5, 5.41) is 5.74. The standard InChI is InChI=1S/C19H31N5O2/c1-15(24-12-10-22(3)11-13-24)8-9-20-19(26)21-17-6-5-7-18(14-17)23(4)16(2)25/h5-7,14-15H,8-13H2,1-4H3,(H2,20,21,26). The summed E-state index contributed by atoms with van der Waals surface area (Å²) in [5.74, 6) is -0.0514. The van der Waals surface area contributed by atoms with Crippen LogP contribution in [-0.2, 0) is 4.79 Å². The van der Waals surface area contributed by atoms with E-state index < -0.39 is 0 Å². The number of urea groups is 1. The van der Waals surface area contributed by atoms with Crippen molar-refractivity contribution in [2.24, 2.45) is 0 Å². The van der Waals surface area contributed by atoms with Crippen molar-refractivity contribution in [1.29, 1.82) is 0 Å². The lowest BCUT2D eigenvalue weighted by atomic mass is 10.1. The van der Waals surface area contributed by atoms with Crippen LogP contribution in [-0.4, -0.2) is 74.6 Å². The molecule has 2 rings (SSSR count). The number of likely N-dealkylation sites (N-methyl/N-ethyl adjacent to an activating group) is 1. The molecule has 0 aliphatic carbocycles. The highest BCUT2D eigenvalue weighted by Crippen LogP contribution is 2.18. The first kappa shape index (κ1) is 20.2. The highest BCUT2D eigenvalue weighted by molar-refractivity contribution is 5.93. The Kier molecular flexibility index (Phi) is 7.41. The molecule has 0 aromatic heterocycles. The molecule has 1 fully saturated rings. The Balaban J connectivity index is 1.75. The van der Waals surface area contributed by atoms with E-state index >= 15 is 0 Å². The van der Waals surface area contributed by atoms with Gasteiger partial charge >= 0.3 is 6.03 Å². The van der Waals surface area contributed by atoms with E-state index in [2.05, 4.69) is 34.4 Å². The van der Waals surface area contributed by atoms with E-state index in [0.29, 0.717) is 18.3 Å². The van der Waals surface area contributed by atoms with E-state index in [4.69, 9.17) is 0 Å². The number of carbonyl (C=O) groups is 2. The molecular weight excluding hydrogens is 330 g/mol. The Labute approximate surface area is 156 Å². The van der Waals surface area contributed by atoms with Crippen LogP contribution in [0.2, 0.25) is 0 Å². The van der Waals surface area contributed by atoms with Crippen LogP contribution in [0.4, 0.5) is 16.2 Å². The number of nitrogens with one attached hydrogen (secondary N) is 2. The van der Waals surface area contributed by atoms with Crippen molar-refractivity contribution >= 4 is 23.3 Å². The summed E-state index contributed by atoms with van der Waals surface area (Å²) in [5.41, 5.74) is 1.42. The first-order valence-electron chi connectivity index (χ1n) is 9.18. The minimum absolute atomic E-state index is 0.0514. The van der Waals surface area contributed by atoms with E-state index in [-0.39, 0.29) is 11.9 Å².